The van der Waals surface area contributed by atoms with Gasteiger partial charge in [-0.15, -0.1) is 0 Å². The number of ether oxygens (including phenoxy) is 1. The van der Waals surface area contributed by atoms with Gasteiger partial charge in [0.25, 0.3) is 11.5 Å². The number of nitrogens with zero attached hydrogens (tertiary/aromatic N) is 2. The van der Waals surface area contributed by atoms with E-state index in [9.17, 15) is 14.4 Å². The Morgan fingerprint density at radius 3 is 2.89 bits per heavy atom. The van der Waals surface area contributed by atoms with E-state index in [0.717, 1.165) is 4.68 Å². The molecule has 1 saturated heterocycles. The van der Waals surface area contributed by atoms with Gasteiger partial charge in [0.1, 0.15) is 11.8 Å². The molecule has 7 heteroatoms. The Hall–Kier alpha value is -2.18. The third-order valence-corrected chi connectivity index (χ3v) is 2.62. The Kier molecular flexibility index (Phi) is 3.40. The van der Waals surface area contributed by atoms with Crippen molar-refractivity contribution in [3.8, 4) is 5.75 Å². The SMILES string of the molecule is CCOc1cnn(C2CCC(=O)NC2=O)c(=O)c1. The highest BCUT2D eigenvalue weighted by Crippen LogP contribution is 2.16. The van der Waals surface area contributed by atoms with E-state index in [4.69, 9.17) is 4.74 Å². The Morgan fingerprint density at radius 1 is 1.50 bits per heavy atom. The molecular formula is C11H13N3O4. The molecule has 0 saturated carbocycles. The molecule has 0 aromatic carbocycles. The molecule has 1 aliphatic heterocycles. The monoisotopic (exact) mass is 251 g/mol. The van der Waals surface area contributed by atoms with Gasteiger partial charge < -0.3 is 4.74 Å². The molecule has 1 aliphatic rings. The second-order valence-corrected chi connectivity index (χ2v) is 3.87. The topological polar surface area (TPSA) is 90.3 Å². The maximum atomic E-state index is 11.8. The van der Waals surface area contributed by atoms with Crippen LogP contribution in [0.4, 0.5) is 0 Å². The molecule has 96 valence electrons. The number of amides is 2. The molecule has 0 radical (unpaired) electrons. The third-order valence-electron chi connectivity index (χ3n) is 2.62. The van der Waals surface area contributed by atoms with Crippen molar-refractivity contribution in [3.05, 3.63) is 22.6 Å². The molecular weight excluding hydrogens is 238 g/mol. The smallest absolute Gasteiger partial charge is 0.271 e. The van der Waals surface area contributed by atoms with Crippen molar-refractivity contribution in [2.45, 2.75) is 25.8 Å². The molecule has 0 bridgehead atoms. The zero-order valence-corrected chi connectivity index (χ0v) is 9.88. The second kappa shape index (κ2) is 4.99. The van der Waals surface area contributed by atoms with E-state index >= 15 is 0 Å². The Morgan fingerprint density at radius 2 is 2.28 bits per heavy atom. The molecule has 1 N–H and O–H groups in total. The van der Waals surface area contributed by atoms with Crippen molar-refractivity contribution in [2.24, 2.45) is 0 Å². The summed E-state index contributed by atoms with van der Waals surface area (Å²) in [5.74, 6) is -0.453. The lowest BCUT2D eigenvalue weighted by molar-refractivity contribution is -0.136. The van der Waals surface area contributed by atoms with E-state index in [1.54, 1.807) is 6.92 Å². The number of imide groups is 1. The lowest BCUT2D eigenvalue weighted by Crippen LogP contribution is -2.45. The highest BCUT2D eigenvalue weighted by molar-refractivity contribution is 5.99. The van der Waals surface area contributed by atoms with Crippen molar-refractivity contribution in [1.82, 2.24) is 15.1 Å². The van der Waals surface area contributed by atoms with Crippen LogP contribution in [0.5, 0.6) is 5.75 Å². The summed E-state index contributed by atoms with van der Waals surface area (Å²) in [6.07, 6.45) is 1.87. The van der Waals surface area contributed by atoms with Crippen LogP contribution < -0.4 is 15.6 Å². The van der Waals surface area contributed by atoms with Gasteiger partial charge in [-0.3, -0.25) is 19.7 Å². The first-order valence-corrected chi connectivity index (χ1v) is 5.67. The summed E-state index contributed by atoms with van der Waals surface area (Å²) in [6, 6.07) is 0.547. The summed E-state index contributed by atoms with van der Waals surface area (Å²) in [5.41, 5.74) is -0.421. The van der Waals surface area contributed by atoms with Crippen LogP contribution in [0.1, 0.15) is 25.8 Å². The molecule has 1 unspecified atom stereocenters. The van der Waals surface area contributed by atoms with E-state index in [-0.39, 0.29) is 18.7 Å². The summed E-state index contributed by atoms with van der Waals surface area (Å²) >= 11 is 0. The zero-order valence-electron chi connectivity index (χ0n) is 9.88. The minimum atomic E-state index is -0.731. The summed E-state index contributed by atoms with van der Waals surface area (Å²) in [7, 11) is 0. The lowest BCUT2D eigenvalue weighted by atomic mass is 10.1. The predicted molar refractivity (Wildman–Crippen MR) is 61.1 cm³/mol. The maximum absolute atomic E-state index is 11.8. The van der Waals surface area contributed by atoms with Crippen molar-refractivity contribution in [3.63, 3.8) is 0 Å². The Balaban J connectivity index is 2.26. The first-order valence-electron chi connectivity index (χ1n) is 5.67. The molecule has 1 aromatic heterocycles. The molecule has 2 heterocycles. The predicted octanol–water partition coefficient (Wildman–Crippen LogP) is -0.380. The number of hydrogen-bond donors (Lipinski definition) is 1. The molecule has 2 rings (SSSR count). The molecule has 18 heavy (non-hydrogen) atoms. The number of nitrogens with one attached hydrogen (secondary N) is 1. The minimum absolute atomic E-state index is 0.206. The fourth-order valence-corrected chi connectivity index (χ4v) is 1.80. The van der Waals surface area contributed by atoms with Crippen LogP contribution in [0.25, 0.3) is 0 Å². The quantitative estimate of drug-likeness (QED) is 0.739. The van der Waals surface area contributed by atoms with Crippen molar-refractivity contribution in [2.75, 3.05) is 6.61 Å². The van der Waals surface area contributed by atoms with Gasteiger partial charge in [0, 0.05) is 12.5 Å². The van der Waals surface area contributed by atoms with Crippen LogP contribution in [0, 0.1) is 0 Å². The van der Waals surface area contributed by atoms with Crippen molar-refractivity contribution >= 4 is 11.8 Å². The van der Waals surface area contributed by atoms with Crippen LogP contribution in [-0.4, -0.2) is 28.2 Å². The highest BCUT2D eigenvalue weighted by Gasteiger charge is 2.29. The Labute approximate surface area is 103 Å². The zero-order chi connectivity index (χ0) is 13.1. The number of carbonyl (C=O) groups is 2. The average Bonchev–Trinajstić information content (AvgIpc) is 2.31. The van der Waals surface area contributed by atoms with E-state index in [1.807, 2.05) is 0 Å². The minimum Gasteiger partial charge on any atom is -0.492 e. The maximum Gasteiger partial charge on any atom is 0.271 e. The van der Waals surface area contributed by atoms with Gasteiger partial charge in [0.05, 0.1) is 12.8 Å². The highest BCUT2D eigenvalue weighted by atomic mass is 16.5. The first-order chi connectivity index (χ1) is 8.61. The molecule has 7 nitrogen and oxygen atoms in total. The van der Waals surface area contributed by atoms with Gasteiger partial charge in [0.2, 0.25) is 5.91 Å². The molecule has 1 aromatic rings. The van der Waals surface area contributed by atoms with Gasteiger partial charge in [-0.25, -0.2) is 4.68 Å². The third kappa shape index (κ3) is 2.39. The van der Waals surface area contributed by atoms with Crippen LogP contribution in [0.2, 0.25) is 0 Å². The van der Waals surface area contributed by atoms with E-state index < -0.39 is 17.5 Å². The van der Waals surface area contributed by atoms with E-state index in [1.165, 1.54) is 12.3 Å². The fraction of sp³-hybridized carbons (Fsp3) is 0.455. The van der Waals surface area contributed by atoms with Crippen molar-refractivity contribution in [1.29, 1.82) is 0 Å². The number of hydrogen-bond acceptors (Lipinski definition) is 5. The molecule has 1 atom stereocenters. The van der Waals surface area contributed by atoms with Gasteiger partial charge in [-0.2, -0.15) is 5.10 Å². The summed E-state index contributed by atoms with van der Waals surface area (Å²) in [5, 5.41) is 6.09. The van der Waals surface area contributed by atoms with Crippen molar-refractivity contribution < 1.29 is 14.3 Å². The van der Waals surface area contributed by atoms with Gasteiger partial charge in [0.15, 0.2) is 0 Å². The Bertz CT molecular complexity index is 537. The van der Waals surface area contributed by atoms with E-state index in [2.05, 4.69) is 10.4 Å². The number of carbonyl (C=O) groups excluding carboxylic acids is 2. The van der Waals surface area contributed by atoms with Crippen LogP contribution in [0.3, 0.4) is 0 Å². The largest absolute Gasteiger partial charge is 0.492 e. The van der Waals surface area contributed by atoms with Crippen LogP contribution in [0.15, 0.2) is 17.1 Å². The lowest BCUT2D eigenvalue weighted by Gasteiger charge is -2.21. The standard InChI is InChI=1S/C11H13N3O4/c1-2-18-7-5-10(16)14(12-6-7)8-3-4-9(15)13-11(8)17/h5-6,8H,2-4H2,1H3,(H,13,15,17). The number of rotatable bonds is 3. The van der Waals surface area contributed by atoms with Gasteiger partial charge in [-0.1, -0.05) is 0 Å². The summed E-state index contributed by atoms with van der Waals surface area (Å²) < 4.78 is 6.22. The fourth-order valence-electron chi connectivity index (χ4n) is 1.80. The van der Waals surface area contributed by atoms with Gasteiger partial charge >= 0.3 is 0 Å². The summed E-state index contributed by atoms with van der Waals surface area (Å²) in [6.45, 7) is 2.23. The average molecular weight is 251 g/mol. The molecule has 2 amide bonds. The molecule has 0 aliphatic carbocycles. The number of aromatic nitrogens is 2. The molecule has 1 fully saturated rings. The second-order valence-electron chi connectivity index (χ2n) is 3.87. The number of piperidine rings is 1. The van der Waals surface area contributed by atoms with Crippen LogP contribution >= 0.6 is 0 Å². The van der Waals surface area contributed by atoms with Crippen LogP contribution in [-0.2, 0) is 9.59 Å². The summed E-state index contributed by atoms with van der Waals surface area (Å²) in [4.78, 5) is 34.4. The van der Waals surface area contributed by atoms with E-state index in [0.29, 0.717) is 12.4 Å². The molecule has 0 spiro atoms. The first kappa shape index (κ1) is 12.3. The van der Waals surface area contributed by atoms with Gasteiger partial charge in [-0.05, 0) is 13.3 Å². The normalized spacial score (nSPS) is 19.5.